The van der Waals surface area contributed by atoms with E-state index in [1.807, 2.05) is 18.2 Å². The summed E-state index contributed by atoms with van der Waals surface area (Å²) in [4.78, 5) is 3.08. The Morgan fingerprint density at radius 1 is 1.04 bits per heavy atom. The molecule has 0 bridgehead atoms. The van der Waals surface area contributed by atoms with Crippen LogP contribution in [-0.4, -0.2) is 11.1 Å². The van der Waals surface area contributed by atoms with E-state index in [-0.39, 0.29) is 12.0 Å². The molecule has 3 N–H and O–H groups in total. The van der Waals surface area contributed by atoms with Crippen molar-refractivity contribution in [1.29, 1.82) is 0 Å². The molecule has 6 heteroatoms. The Hall–Kier alpha value is -2.63. The lowest BCUT2D eigenvalue weighted by molar-refractivity contribution is -0.137. The second-order valence-corrected chi connectivity index (χ2v) is 6.48. The average Bonchev–Trinajstić information content (AvgIpc) is 2.91. The standard InChI is InChI=1S/C19H17F3N2O/c20-19(21,22)13-3-1-11(2-4-13)12-7-15(8-12)25-14-5-6-18-16(9-14)17(23)10-24-18/h1-6,9-10,12,15,24H,7-8,23H2/t12-,15+. The molecule has 3 aromatic rings. The van der Waals surface area contributed by atoms with Crippen molar-refractivity contribution in [2.24, 2.45) is 0 Å². The normalized spacial score (nSPS) is 20.4. The van der Waals surface area contributed by atoms with Crippen LogP contribution < -0.4 is 10.5 Å². The number of benzene rings is 2. The first-order chi connectivity index (χ1) is 11.9. The number of nitrogen functional groups attached to an aromatic ring is 1. The number of alkyl halides is 3. The van der Waals surface area contributed by atoms with Crippen LogP contribution in [0.25, 0.3) is 10.9 Å². The number of halogens is 3. The molecule has 4 rings (SSSR count). The molecule has 1 aromatic heterocycles. The van der Waals surface area contributed by atoms with Crippen molar-refractivity contribution in [3.63, 3.8) is 0 Å². The lowest BCUT2D eigenvalue weighted by Crippen LogP contribution is -2.32. The van der Waals surface area contributed by atoms with Crippen LogP contribution in [0.2, 0.25) is 0 Å². The SMILES string of the molecule is Nc1c[nH]c2ccc(O[C@H]3C[C@@H](c4ccc(C(F)(F)F)cc4)C3)cc12. The van der Waals surface area contributed by atoms with Gasteiger partial charge in [-0.1, -0.05) is 12.1 Å². The molecular weight excluding hydrogens is 329 g/mol. The number of ether oxygens (including phenoxy) is 1. The van der Waals surface area contributed by atoms with Crippen molar-refractivity contribution in [3.05, 3.63) is 59.8 Å². The molecule has 0 aliphatic heterocycles. The minimum Gasteiger partial charge on any atom is -0.490 e. The van der Waals surface area contributed by atoms with E-state index >= 15 is 0 Å². The molecule has 1 aliphatic carbocycles. The smallest absolute Gasteiger partial charge is 0.416 e. The third-order valence-electron chi connectivity index (χ3n) is 4.79. The van der Waals surface area contributed by atoms with E-state index in [0.29, 0.717) is 5.69 Å². The van der Waals surface area contributed by atoms with Gasteiger partial charge in [-0.2, -0.15) is 13.2 Å². The maximum atomic E-state index is 12.6. The Morgan fingerprint density at radius 2 is 1.76 bits per heavy atom. The number of nitrogens with one attached hydrogen (secondary N) is 1. The Kier molecular flexibility index (Phi) is 3.63. The number of anilines is 1. The summed E-state index contributed by atoms with van der Waals surface area (Å²) in [7, 11) is 0. The van der Waals surface area contributed by atoms with E-state index in [0.717, 1.165) is 47.2 Å². The van der Waals surface area contributed by atoms with Crippen molar-refractivity contribution in [2.75, 3.05) is 5.73 Å². The monoisotopic (exact) mass is 346 g/mol. The van der Waals surface area contributed by atoms with Crippen LogP contribution >= 0.6 is 0 Å². The third-order valence-corrected chi connectivity index (χ3v) is 4.79. The second-order valence-electron chi connectivity index (χ2n) is 6.48. The Labute approximate surface area is 142 Å². The van der Waals surface area contributed by atoms with Crippen LogP contribution in [0.5, 0.6) is 5.75 Å². The number of fused-ring (bicyclic) bond motifs is 1. The fraction of sp³-hybridized carbons (Fsp3) is 0.263. The fourth-order valence-corrected chi connectivity index (χ4v) is 3.27. The molecule has 25 heavy (non-hydrogen) atoms. The maximum absolute atomic E-state index is 12.6. The molecule has 0 spiro atoms. The number of aromatic nitrogens is 1. The van der Waals surface area contributed by atoms with Crippen LogP contribution in [-0.2, 0) is 6.18 Å². The van der Waals surface area contributed by atoms with E-state index in [4.69, 9.17) is 10.5 Å². The van der Waals surface area contributed by atoms with Crippen LogP contribution in [0.1, 0.15) is 29.9 Å². The van der Waals surface area contributed by atoms with Crippen LogP contribution in [0.15, 0.2) is 48.7 Å². The zero-order valence-corrected chi connectivity index (χ0v) is 13.3. The van der Waals surface area contributed by atoms with Gasteiger partial charge >= 0.3 is 6.18 Å². The lowest BCUT2D eigenvalue weighted by atomic mass is 9.77. The van der Waals surface area contributed by atoms with Gasteiger partial charge in [0.25, 0.3) is 0 Å². The summed E-state index contributed by atoms with van der Waals surface area (Å²) in [5.74, 6) is 1.00. The molecule has 0 amide bonds. The molecule has 2 aromatic carbocycles. The van der Waals surface area contributed by atoms with Gasteiger partial charge in [0.2, 0.25) is 0 Å². The van der Waals surface area contributed by atoms with Gasteiger partial charge in [0.15, 0.2) is 0 Å². The first kappa shape index (κ1) is 15.9. The number of hydrogen-bond acceptors (Lipinski definition) is 2. The van der Waals surface area contributed by atoms with Gasteiger partial charge in [0.1, 0.15) is 5.75 Å². The van der Waals surface area contributed by atoms with Gasteiger partial charge in [0, 0.05) is 17.1 Å². The second kappa shape index (κ2) is 5.72. The van der Waals surface area contributed by atoms with Crippen molar-refractivity contribution < 1.29 is 17.9 Å². The zero-order valence-electron chi connectivity index (χ0n) is 13.3. The number of hydrogen-bond donors (Lipinski definition) is 2. The average molecular weight is 346 g/mol. The number of nitrogens with two attached hydrogens (primary N) is 1. The Morgan fingerprint density at radius 3 is 2.44 bits per heavy atom. The largest absolute Gasteiger partial charge is 0.490 e. The molecule has 0 unspecified atom stereocenters. The van der Waals surface area contributed by atoms with E-state index < -0.39 is 11.7 Å². The van der Waals surface area contributed by atoms with Gasteiger partial charge in [0.05, 0.1) is 17.4 Å². The highest BCUT2D eigenvalue weighted by Gasteiger charge is 2.34. The summed E-state index contributed by atoms with van der Waals surface area (Å²) < 4.78 is 43.8. The quantitative estimate of drug-likeness (QED) is 0.694. The van der Waals surface area contributed by atoms with Crippen LogP contribution in [0.4, 0.5) is 18.9 Å². The molecular formula is C19H17F3N2O. The number of rotatable bonds is 3. The zero-order chi connectivity index (χ0) is 17.6. The fourth-order valence-electron chi connectivity index (χ4n) is 3.27. The predicted octanol–water partition coefficient (Wildman–Crippen LogP) is 5.09. The highest BCUT2D eigenvalue weighted by molar-refractivity contribution is 5.92. The van der Waals surface area contributed by atoms with Gasteiger partial charge in [-0.3, -0.25) is 0 Å². The Balaban J connectivity index is 1.39. The first-order valence-electron chi connectivity index (χ1n) is 8.10. The molecule has 0 radical (unpaired) electrons. The lowest BCUT2D eigenvalue weighted by Gasteiger charge is -2.35. The molecule has 1 saturated carbocycles. The molecule has 3 nitrogen and oxygen atoms in total. The molecule has 1 heterocycles. The summed E-state index contributed by atoms with van der Waals surface area (Å²) in [5, 5.41) is 0.927. The van der Waals surface area contributed by atoms with Crippen LogP contribution in [0, 0.1) is 0 Å². The van der Waals surface area contributed by atoms with E-state index in [2.05, 4.69) is 4.98 Å². The topological polar surface area (TPSA) is 51.0 Å². The summed E-state index contributed by atoms with van der Waals surface area (Å²) in [6.45, 7) is 0. The minimum absolute atomic E-state index is 0.0740. The summed E-state index contributed by atoms with van der Waals surface area (Å²) in [6, 6.07) is 11.1. The van der Waals surface area contributed by atoms with Crippen molar-refractivity contribution in [2.45, 2.75) is 31.0 Å². The third kappa shape index (κ3) is 3.04. The van der Waals surface area contributed by atoms with Crippen molar-refractivity contribution in [3.8, 4) is 5.75 Å². The van der Waals surface area contributed by atoms with Crippen LogP contribution in [0.3, 0.4) is 0 Å². The molecule has 0 saturated heterocycles. The summed E-state index contributed by atoms with van der Waals surface area (Å²) in [5.41, 5.74) is 7.85. The number of H-pyrrole nitrogens is 1. The predicted molar refractivity (Wildman–Crippen MR) is 90.5 cm³/mol. The Bertz CT molecular complexity index is 893. The van der Waals surface area contributed by atoms with Crippen molar-refractivity contribution >= 4 is 16.6 Å². The maximum Gasteiger partial charge on any atom is 0.416 e. The summed E-state index contributed by atoms with van der Waals surface area (Å²) in [6.07, 6.45) is -0.871. The first-order valence-corrected chi connectivity index (χ1v) is 8.10. The van der Waals surface area contributed by atoms with Gasteiger partial charge < -0.3 is 15.5 Å². The van der Waals surface area contributed by atoms with Gasteiger partial charge in [-0.15, -0.1) is 0 Å². The highest BCUT2D eigenvalue weighted by atomic mass is 19.4. The van der Waals surface area contributed by atoms with Crippen molar-refractivity contribution in [1.82, 2.24) is 4.98 Å². The summed E-state index contributed by atoms with van der Waals surface area (Å²) >= 11 is 0. The van der Waals surface area contributed by atoms with Gasteiger partial charge in [-0.05, 0) is 54.7 Å². The van der Waals surface area contributed by atoms with Gasteiger partial charge in [-0.25, -0.2) is 0 Å². The minimum atomic E-state index is -4.29. The number of aromatic amines is 1. The van der Waals surface area contributed by atoms with E-state index in [9.17, 15) is 13.2 Å². The molecule has 1 aliphatic rings. The highest BCUT2D eigenvalue weighted by Crippen LogP contribution is 2.40. The van der Waals surface area contributed by atoms with E-state index in [1.54, 1.807) is 18.3 Å². The molecule has 0 atom stereocenters. The molecule has 130 valence electrons. The molecule has 1 fully saturated rings. The van der Waals surface area contributed by atoms with E-state index in [1.165, 1.54) is 0 Å².